The van der Waals surface area contributed by atoms with Crippen molar-refractivity contribution in [1.29, 1.82) is 0 Å². The highest BCUT2D eigenvalue weighted by Gasteiger charge is 2.34. The molecule has 0 radical (unpaired) electrons. The van der Waals surface area contributed by atoms with Crippen LogP contribution in [0.4, 0.5) is 5.69 Å². The van der Waals surface area contributed by atoms with Crippen LogP contribution in [0.5, 0.6) is 5.75 Å². The minimum atomic E-state index is -3.89. The number of nitrogens with zero attached hydrogens (tertiary/aromatic N) is 1. The third-order valence-corrected chi connectivity index (χ3v) is 7.05. The summed E-state index contributed by atoms with van der Waals surface area (Å²) in [7, 11) is -2.08. The molecule has 32 heavy (non-hydrogen) atoms. The van der Waals surface area contributed by atoms with Gasteiger partial charge in [0.25, 0.3) is 15.9 Å². The molecular formula is C23H31N3O5S. The van der Waals surface area contributed by atoms with Gasteiger partial charge in [0.2, 0.25) is 0 Å². The molecule has 9 heteroatoms. The number of nitrogens with one attached hydrogen (secondary N) is 2. The summed E-state index contributed by atoms with van der Waals surface area (Å²) < 4.78 is 34.9. The molecule has 0 unspecified atom stereocenters. The van der Waals surface area contributed by atoms with Crippen molar-refractivity contribution in [1.82, 2.24) is 10.2 Å². The fourth-order valence-corrected chi connectivity index (χ4v) is 4.75. The number of aliphatic hydroxyl groups is 1. The summed E-state index contributed by atoms with van der Waals surface area (Å²) in [4.78, 5) is 15.1. The molecule has 2 aromatic carbocycles. The molecule has 3 rings (SSSR count). The van der Waals surface area contributed by atoms with Crippen molar-refractivity contribution in [3.8, 4) is 5.75 Å². The number of fused-ring (bicyclic) bond motifs is 1. The molecule has 1 aliphatic rings. The summed E-state index contributed by atoms with van der Waals surface area (Å²) >= 11 is 0. The first-order valence-corrected chi connectivity index (χ1v) is 12.1. The lowest BCUT2D eigenvalue weighted by molar-refractivity contribution is 0.0417. The number of rotatable bonds is 7. The molecule has 3 N–H and O–H groups in total. The van der Waals surface area contributed by atoms with Crippen LogP contribution in [0.3, 0.4) is 0 Å². The number of benzene rings is 2. The maximum absolute atomic E-state index is 13.4. The van der Waals surface area contributed by atoms with Crippen molar-refractivity contribution >= 4 is 21.6 Å². The first-order valence-electron chi connectivity index (χ1n) is 10.6. The first kappa shape index (κ1) is 24.0. The summed E-state index contributed by atoms with van der Waals surface area (Å²) in [6.45, 7) is 6.37. The molecule has 1 aliphatic heterocycles. The highest BCUT2D eigenvalue weighted by Crippen LogP contribution is 2.35. The number of anilines is 1. The minimum absolute atomic E-state index is 0.0599. The zero-order valence-corrected chi connectivity index (χ0v) is 19.6. The van der Waals surface area contributed by atoms with Crippen molar-refractivity contribution in [3.63, 3.8) is 0 Å². The third kappa shape index (κ3) is 5.06. The molecule has 0 aromatic heterocycles. The average Bonchev–Trinajstić information content (AvgIpc) is 2.76. The van der Waals surface area contributed by atoms with Crippen LogP contribution < -0.4 is 14.8 Å². The quantitative estimate of drug-likeness (QED) is 0.584. The Hall–Kier alpha value is -2.62. The Morgan fingerprint density at radius 3 is 2.53 bits per heavy atom. The Kier molecular flexibility index (Phi) is 7.43. The van der Waals surface area contributed by atoms with E-state index in [1.165, 1.54) is 12.1 Å². The van der Waals surface area contributed by atoms with E-state index in [0.29, 0.717) is 13.1 Å². The van der Waals surface area contributed by atoms with Crippen LogP contribution in [-0.2, 0) is 10.0 Å². The van der Waals surface area contributed by atoms with Gasteiger partial charge in [0.1, 0.15) is 6.10 Å². The van der Waals surface area contributed by atoms with E-state index in [4.69, 9.17) is 4.74 Å². The van der Waals surface area contributed by atoms with Crippen LogP contribution in [0, 0.1) is 12.8 Å². The van der Waals surface area contributed by atoms with E-state index in [2.05, 4.69) is 10.0 Å². The van der Waals surface area contributed by atoms with E-state index < -0.39 is 10.0 Å². The van der Waals surface area contributed by atoms with Gasteiger partial charge in [-0.1, -0.05) is 30.7 Å². The number of aryl methyl sites for hydroxylation is 1. The van der Waals surface area contributed by atoms with Crippen LogP contribution in [0.25, 0.3) is 0 Å². The first-order chi connectivity index (χ1) is 15.2. The maximum atomic E-state index is 13.4. The molecule has 3 atom stereocenters. The Morgan fingerprint density at radius 2 is 1.91 bits per heavy atom. The zero-order chi connectivity index (χ0) is 23.5. The number of carbonyl (C=O) groups excluding carboxylic acids is 1. The highest BCUT2D eigenvalue weighted by molar-refractivity contribution is 7.92. The van der Waals surface area contributed by atoms with E-state index in [1.54, 1.807) is 49.2 Å². The molecule has 0 fully saturated rings. The van der Waals surface area contributed by atoms with Gasteiger partial charge in [-0.2, -0.15) is 0 Å². The summed E-state index contributed by atoms with van der Waals surface area (Å²) in [6.07, 6.45) is -0.315. The van der Waals surface area contributed by atoms with E-state index in [9.17, 15) is 18.3 Å². The predicted octanol–water partition coefficient (Wildman–Crippen LogP) is 2.24. The van der Waals surface area contributed by atoms with Crippen LogP contribution in [0.2, 0.25) is 0 Å². The monoisotopic (exact) mass is 461 g/mol. The molecule has 0 bridgehead atoms. The van der Waals surface area contributed by atoms with Crippen LogP contribution in [0.15, 0.2) is 47.4 Å². The Morgan fingerprint density at radius 1 is 1.22 bits per heavy atom. The molecule has 8 nitrogen and oxygen atoms in total. The lowest BCUT2D eigenvalue weighted by Gasteiger charge is -2.37. The maximum Gasteiger partial charge on any atom is 0.262 e. The van der Waals surface area contributed by atoms with Gasteiger partial charge < -0.3 is 20.1 Å². The van der Waals surface area contributed by atoms with Crippen molar-refractivity contribution in [2.75, 3.05) is 31.5 Å². The van der Waals surface area contributed by atoms with Crippen molar-refractivity contribution in [3.05, 3.63) is 53.6 Å². The fraction of sp³-hybridized carbons (Fsp3) is 0.435. The Labute approximate surface area is 189 Å². The average molecular weight is 462 g/mol. The van der Waals surface area contributed by atoms with Gasteiger partial charge >= 0.3 is 0 Å². The molecular weight excluding hydrogens is 430 g/mol. The number of carbonyl (C=O) groups is 1. The third-order valence-electron chi connectivity index (χ3n) is 5.67. The molecule has 0 saturated heterocycles. The smallest absolute Gasteiger partial charge is 0.262 e. The number of para-hydroxylation sites is 1. The number of amides is 1. The predicted molar refractivity (Wildman–Crippen MR) is 124 cm³/mol. The van der Waals surface area contributed by atoms with Crippen LogP contribution >= 0.6 is 0 Å². The van der Waals surface area contributed by atoms with Gasteiger partial charge in [0.05, 0.1) is 28.8 Å². The topological polar surface area (TPSA) is 108 Å². The number of sulfonamides is 1. The number of hydrogen-bond acceptors (Lipinski definition) is 6. The number of likely N-dealkylation sites (N-methyl/N-ethyl adjacent to an activating group) is 1. The Balaban J connectivity index is 2.08. The summed E-state index contributed by atoms with van der Waals surface area (Å²) in [6, 6.07) is 10.9. The number of aliphatic hydroxyl groups excluding tert-OH is 1. The largest absolute Gasteiger partial charge is 0.486 e. The van der Waals surface area contributed by atoms with Gasteiger partial charge in [-0.25, -0.2) is 8.42 Å². The van der Waals surface area contributed by atoms with E-state index >= 15 is 0 Å². The van der Waals surface area contributed by atoms with Crippen molar-refractivity contribution in [2.45, 2.75) is 37.8 Å². The molecule has 0 spiro atoms. The lowest BCUT2D eigenvalue weighted by atomic mass is 9.99. The van der Waals surface area contributed by atoms with E-state index in [1.807, 2.05) is 13.8 Å². The molecule has 174 valence electrons. The molecule has 1 heterocycles. The van der Waals surface area contributed by atoms with Crippen molar-refractivity contribution < 1.29 is 23.1 Å². The zero-order valence-electron chi connectivity index (χ0n) is 18.8. The van der Waals surface area contributed by atoms with Gasteiger partial charge in [0, 0.05) is 19.0 Å². The second-order valence-electron chi connectivity index (χ2n) is 8.28. The molecule has 2 aromatic rings. The summed E-state index contributed by atoms with van der Waals surface area (Å²) in [5.74, 6) is -0.182. The lowest BCUT2D eigenvalue weighted by Crippen LogP contribution is -2.49. The van der Waals surface area contributed by atoms with Crippen LogP contribution in [0.1, 0.15) is 29.8 Å². The van der Waals surface area contributed by atoms with Crippen molar-refractivity contribution in [2.24, 2.45) is 5.92 Å². The highest BCUT2D eigenvalue weighted by atomic mass is 32.2. The molecule has 1 amide bonds. The van der Waals surface area contributed by atoms with Gasteiger partial charge in [-0.3, -0.25) is 9.52 Å². The molecule has 0 saturated carbocycles. The standard InChI is InChI=1S/C23H31N3O5S/c1-15-8-10-18(11-9-15)32(29,30)25-20-7-5-6-19-22(20)31-21(12-24-4)16(2)13-26(23(19)28)17(3)14-27/h5-11,16-17,21,24-25,27H,12-14H2,1-4H3/t16-,17+,21-/m0/s1. The number of hydrogen-bond donors (Lipinski definition) is 3. The van der Waals surface area contributed by atoms with E-state index in [0.717, 1.165) is 5.56 Å². The number of ether oxygens (including phenoxy) is 1. The summed E-state index contributed by atoms with van der Waals surface area (Å²) in [5.41, 5.74) is 1.40. The van der Waals surface area contributed by atoms with Gasteiger partial charge in [0.15, 0.2) is 5.75 Å². The SMILES string of the molecule is CNC[C@@H]1Oc2c(NS(=O)(=O)c3ccc(C)cc3)cccc2C(=O)N([C@H](C)CO)C[C@@H]1C. The molecule has 0 aliphatic carbocycles. The fourth-order valence-electron chi connectivity index (χ4n) is 3.69. The van der Waals surface area contributed by atoms with Gasteiger partial charge in [-0.05, 0) is 45.2 Å². The minimum Gasteiger partial charge on any atom is -0.486 e. The van der Waals surface area contributed by atoms with E-state index in [-0.39, 0.29) is 52.5 Å². The Bertz CT molecular complexity index is 1060. The summed E-state index contributed by atoms with van der Waals surface area (Å²) in [5, 5.41) is 12.8. The second kappa shape index (κ2) is 9.89. The van der Waals surface area contributed by atoms with Gasteiger partial charge in [-0.15, -0.1) is 0 Å². The second-order valence-corrected chi connectivity index (χ2v) is 9.96. The normalized spacial score (nSPS) is 20.0. The van der Waals surface area contributed by atoms with Crippen LogP contribution in [-0.4, -0.2) is 63.2 Å².